The highest BCUT2D eigenvalue weighted by Gasteiger charge is 2.07. The zero-order valence-electron chi connectivity index (χ0n) is 18.3. The SMILES string of the molecule is C[C@@H](Cc1ccc(-c2ccc(CCc3ccc(C#N)c(F)c3)cc2)cc1)c1ccccc1. The summed E-state index contributed by atoms with van der Waals surface area (Å²) in [5.74, 6) is 0.0490. The zero-order valence-corrected chi connectivity index (χ0v) is 18.3. The van der Waals surface area contributed by atoms with E-state index in [2.05, 4.69) is 85.8 Å². The van der Waals surface area contributed by atoms with Crippen molar-refractivity contribution in [3.05, 3.63) is 131 Å². The fraction of sp³-hybridized carbons (Fsp3) is 0.167. The van der Waals surface area contributed by atoms with Gasteiger partial charge in [0.15, 0.2) is 0 Å². The first-order valence-corrected chi connectivity index (χ1v) is 11.0. The van der Waals surface area contributed by atoms with Gasteiger partial charge in [-0.3, -0.25) is 0 Å². The Hall–Kier alpha value is -3.70. The largest absolute Gasteiger partial charge is 0.206 e. The lowest BCUT2D eigenvalue weighted by Crippen LogP contribution is -1.98. The number of aryl methyl sites for hydroxylation is 2. The molecule has 0 aliphatic rings. The van der Waals surface area contributed by atoms with E-state index in [9.17, 15) is 4.39 Å². The molecule has 4 rings (SSSR count). The number of benzene rings is 4. The molecule has 32 heavy (non-hydrogen) atoms. The van der Waals surface area contributed by atoms with Gasteiger partial charge in [0.25, 0.3) is 0 Å². The van der Waals surface area contributed by atoms with Crippen molar-refractivity contribution in [1.29, 1.82) is 5.26 Å². The minimum atomic E-state index is -0.443. The third-order valence-electron chi connectivity index (χ3n) is 6.01. The fourth-order valence-corrected chi connectivity index (χ4v) is 4.04. The van der Waals surface area contributed by atoms with Crippen molar-refractivity contribution in [2.45, 2.75) is 32.1 Å². The molecule has 0 N–H and O–H groups in total. The van der Waals surface area contributed by atoms with Crippen molar-refractivity contribution in [3.63, 3.8) is 0 Å². The maximum absolute atomic E-state index is 13.8. The number of hydrogen-bond donors (Lipinski definition) is 0. The molecule has 4 aromatic carbocycles. The molecule has 1 atom stereocenters. The van der Waals surface area contributed by atoms with E-state index in [0.29, 0.717) is 5.92 Å². The lowest BCUT2D eigenvalue weighted by molar-refractivity contribution is 0.621. The summed E-state index contributed by atoms with van der Waals surface area (Å²) in [6.45, 7) is 2.27. The van der Waals surface area contributed by atoms with Crippen molar-refractivity contribution in [2.24, 2.45) is 0 Å². The van der Waals surface area contributed by atoms with Crippen LogP contribution in [0.25, 0.3) is 11.1 Å². The van der Waals surface area contributed by atoms with Crippen LogP contribution in [0.15, 0.2) is 97.1 Å². The molecule has 0 aromatic heterocycles. The Balaban J connectivity index is 1.36. The normalized spacial score (nSPS) is 11.7. The lowest BCUT2D eigenvalue weighted by Gasteiger charge is -2.12. The summed E-state index contributed by atoms with van der Waals surface area (Å²) in [5.41, 5.74) is 7.34. The second-order valence-electron chi connectivity index (χ2n) is 8.34. The maximum Gasteiger partial charge on any atom is 0.141 e. The van der Waals surface area contributed by atoms with Gasteiger partial charge in [0, 0.05) is 0 Å². The quantitative estimate of drug-likeness (QED) is 0.304. The Bertz CT molecular complexity index is 1200. The Morgan fingerprint density at radius 3 is 1.88 bits per heavy atom. The van der Waals surface area contributed by atoms with Crippen LogP contribution in [0.3, 0.4) is 0 Å². The van der Waals surface area contributed by atoms with Gasteiger partial charge in [-0.15, -0.1) is 0 Å². The number of nitrogens with zero attached hydrogens (tertiary/aromatic N) is 1. The molecule has 0 amide bonds. The summed E-state index contributed by atoms with van der Waals surface area (Å²) in [6.07, 6.45) is 2.61. The number of hydrogen-bond acceptors (Lipinski definition) is 1. The highest BCUT2D eigenvalue weighted by molar-refractivity contribution is 5.64. The molecular formula is C30H26FN. The van der Waals surface area contributed by atoms with Crippen molar-refractivity contribution < 1.29 is 4.39 Å². The lowest BCUT2D eigenvalue weighted by atomic mass is 9.92. The maximum atomic E-state index is 13.8. The van der Waals surface area contributed by atoms with E-state index in [1.54, 1.807) is 6.07 Å². The van der Waals surface area contributed by atoms with E-state index in [1.165, 1.54) is 33.9 Å². The summed E-state index contributed by atoms with van der Waals surface area (Å²) < 4.78 is 13.8. The Kier molecular flexibility index (Phi) is 6.78. The summed E-state index contributed by atoms with van der Waals surface area (Å²) in [7, 11) is 0. The van der Waals surface area contributed by atoms with Gasteiger partial charge in [0.05, 0.1) is 5.56 Å². The van der Waals surface area contributed by atoms with Gasteiger partial charge in [-0.1, -0.05) is 91.9 Å². The van der Waals surface area contributed by atoms with Crippen LogP contribution in [-0.2, 0) is 19.3 Å². The van der Waals surface area contributed by atoms with Gasteiger partial charge >= 0.3 is 0 Å². The van der Waals surface area contributed by atoms with Gasteiger partial charge < -0.3 is 0 Å². The van der Waals surface area contributed by atoms with Gasteiger partial charge in [-0.25, -0.2) is 4.39 Å². The molecule has 0 bridgehead atoms. The smallest absolute Gasteiger partial charge is 0.141 e. The van der Waals surface area contributed by atoms with E-state index in [-0.39, 0.29) is 5.56 Å². The number of halogens is 1. The van der Waals surface area contributed by atoms with Gasteiger partial charge in [0.2, 0.25) is 0 Å². The average molecular weight is 420 g/mol. The molecule has 2 heteroatoms. The van der Waals surface area contributed by atoms with E-state index < -0.39 is 5.82 Å². The topological polar surface area (TPSA) is 23.8 Å². The van der Waals surface area contributed by atoms with Crippen LogP contribution < -0.4 is 0 Å². The number of nitriles is 1. The molecule has 0 aliphatic carbocycles. The van der Waals surface area contributed by atoms with Crippen LogP contribution >= 0.6 is 0 Å². The molecule has 0 spiro atoms. The van der Waals surface area contributed by atoms with Gasteiger partial charge in [-0.05, 0) is 70.7 Å². The van der Waals surface area contributed by atoms with Crippen molar-refractivity contribution in [2.75, 3.05) is 0 Å². The van der Waals surface area contributed by atoms with E-state index in [4.69, 9.17) is 5.26 Å². The third-order valence-corrected chi connectivity index (χ3v) is 6.01. The van der Waals surface area contributed by atoms with Crippen molar-refractivity contribution in [3.8, 4) is 17.2 Å². The summed E-state index contributed by atoms with van der Waals surface area (Å²) in [5, 5.41) is 8.85. The van der Waals surface area contributed by atoms with Crippen LogP contribution in [0.1, 0.15) is 40.7 Å². The number of rotatable bonds is 7. The summed E-state index contributed by atoms with van der Waals surface area (Å²) in [6, 6.07) is 34.8. The van der Waals surface area contributed by atoms with Crippen LogP contribution in [-0.4, -0.2) is 0 Å². The molecule has 0 aliphatic heterocycles. The standard InChI is InChI=1S/C30H26FN/c1-22(26-5-3-2-4-6-26)19-24-11-16-28(17-12-24)27-14-9-23(10-15-27)7-8-25-13-18-29(21-32)30(31)20-25/h2-6,9-18,20,22H,7-8,19H2,1H3/t22-/m0/s1. The second kappa shape index (κ2) is 10.1. The van der Waals surface area contributed by atoms with Gasteiger partial charge in [-0.2, -0.15) is 5.26 Å². The molecule has 0 fully saturated rings. The highest BCUT2D eigenvalue weighted by atomic mass is 19.1. The predicted octanol–water partition coefficient (Wildman–Crippen LogP) is 7.50. The minimum absolute atomic E-state index is 0.0960. The fourth-order valence-electron chi connectivity index (χ4n) is 4.04. The molecule has 1 nitrogen and oxygen atoms in total. The first-order valence-electron chi connectivity index (χ1n) is 11.0. The van der Waals surface area contributed by atoms with Crippen LogP contribution in [0.5, 0.6) is 0 Å². The Morgan fingerprint density at radius 1 is 0.719 bits per heavy atom. The molecule has 0 saturated heterocycles. The molecule has 0 heterocycles. The first-order chi connectivity index (χ1) is 15.6. The van der Waals surface area contributed by atoms with Crippen molar-refractivity contribution >= 4 is 0 Å². The van der Waals surface area contributed by atoms with E-state index in [1.807, 2.05) is 12.1 Å². The molecule has 0 radical (unpaired) electrons. The third kappa shape index (κ3) is 5.31. The summed E-state index contributed by atoms with van der Waals surface area (Å²) >= 11 is 0. The van der Waals surface area contributed by atoms with Crippen LogP contribution in [0, 0.1) is 17.1 Å². The Labute approximate surface area is 189 Å². The zero-order chi connectivity index (χ0) is 22.3. The molecule has 0 unspecified atom stereocenters. The van der Waals surface area contributed by atoms with E-state index in [0.717, 1.165) is 24.8 Å². The van der Waals surface area contributed by atoms with Crippen LogP contribution in [0.2, 0.25) is 0 Å². The van der Waals surface area contributed by atoms with Gasteiger partial charge in [0.1, 0.15) is 11.9 Å². The second-order valence-corrected chi connectivity index (χ2v) is 8.34. The molecule has 0 saturated carbocycles. The molecule has 4 aromatic rings. The molecule has 158 valence electrons. The van der Waals surface area contributed by atoms with Crippen molar-refractivity contribution in [1.82, 2.24) is 0 Å². The predicted molar refractivity (Wildman–Crippen MR) is 129 cm³/mol. The molecular weight excluding hydrogens is 393 g/mol. The minimum Gasteiger partial charge on any atom is -0.206 e. The summed E-state index contributed by atoms with van der Waals surface area (Å²) in [4.78, 5) is 0. The first kappa shape index (κ1) is 21.5. The highest BCUT2D eigenvalue weighted by Crippen LogP contribution is 2.24. The Morgan fingerprint density at radius 2 is 1.28 bits per heavy atom. The monoisotopic (exact) mass is 419 g/mol. The van der Waals surface area contributed by atoms with E-state index >= 15 is 0 Å². The van der Waals surface area contributed by atoms with Crippen LogP contribution in [0.4, 0.5) is 4.39 Å². The average Bonchev–Trinajstić information content (AvgIpc) is 2.84.